The van der Waals surface area contributed by atoms with E-state index >= 15 is 0 Å². The van der Waals surface area contributed by atoms with Crippen LogP contribution in [0, 0.1) is 10.1 Å². The summed E-state index contributed by atoms with van der Waals surface area (Å²) in [7, 11) is 0. The first-order valence-corrected chi connectivity index (χ1v) is 6.04. The van der Waals surface area contributed by atoms with Crippen LogP contribution in [-0.2, 0) is 17.6 Å². The monoisotopic (exact) mass is 285 g/mol. The average molecular weight is 286 g/mol. The molecule has 0 atom stereocenters. The molecule has 0 aliphatic rings. The number of Topliss-reactive ketones (excluding diaryl/α,β-unsaturated/α-hetero) is 1. The number of nitrogens with zero attached hydrogens (tertiary/aromatic N) is 1. The zero-order valence-corrected chi connectivity index (χ0v) is 10.5. The van der Waals surface area contributed by atoms with Crippen molar-refractivity contribution in [3.8, 4) is 0 Å². The topological polar surface area (TPSA) is 60.2 Å². The Balaban J connectivity index is 2.99. The molecule has 0 heterocycles. The maximum Gasteiger partial charge on any atom is 0.272 e. The second kappa shape index (κ2) is 5.75. The van der Waals surface area contributed by atoms with Crippen LogP contribution in [0.4, 0.5) is 5.69 Å². The van der Waals surface area contributed by atoms with Gasteiger partial charge in [0.1, 0.15) is 5.78 Å². The number of halogens is 1. The van der Waals surface area contributed by atoms with Crippen molar-refractivity contribution >= 4 is 27.4 Å². The summed E-state index contributed by atoms with van der Waals surface area (Å²) in [6.07, 6.45) is 0.906. The van der Waals surface area contributed by atoms with Crippen LogP contribution in [0.5, 0.6) is 0 Å². The van der Waals surface area contributed by atoms with E-state index in [9.17, 15) is 14.9 Å². The van der Waals surface area contributed by atoms with Crippen LogP contribution < -0.4 is 0 Å². The number of benzene rings is 1. The molecule has 1 rings (SSSR count). The van der Waals surface area contributed by atoms with Gasteiger partial charge >= 0.3 is 0 Å². The molecule has 0 spiro atoms. The summed E-state index contributed by atoms with van der Waals surface area (Å²) in [5.74, 6) is 0.0657. The molecule has 0 aliphatic heterocycles. The second-order valence-corrected chi connectivity index (χ2v) is 3.98. The zero-order valence-electron chi connectivity index (χ0n) is 8.90. The van der Waals surface area contributed by atoms with Crippen molar-refractivity contribution < 1.29 is 9.72 Å². The lowest BCUT2D eigenvalue weighted by Gasteiger charge is -2.03. The number of ketones is 1. The fraction of sp³-hybridized carbons (Fsp3) is 0.364. The van der Waals surface area contributed by atoms with Crippen molar-refractivity contribution in [1.29, 1.82) is 0 Å². The number of hydrogen-bond acceptors (Lipinski definition) is 3. The normalized spacial score (nSPS) is 10.1. The molecule has 0 aliphatic carbocycles. The Morgan fingerprint density at radius 2 is 2.19 bits per heavy atom. The summed E-state index contributed by atoms with van der Waals surface area (Å²) in [5, 5.41) is 11.0. The number of rotatable bonds is 5. The molecule has 0 bridgehead atoms. The molecule has 86 valence electrons. The number of alkyl halides is 1. The Labute approximate surface area is 102 Å². The third-order valence-electron chi connectivity index (χ3n) is 2.27. The van der Waals surface area contributed by atoms with E-state index in [0.717, 1.165) is 5.56 Å². The lowest BCUT2D eigenvalue weighted by molar-refractivity contribution is -0.385. The fourth-order valence-corrected chi connectivity index (χ4v) is 1.68. The van der Waals surface area contributed by atoms with Gasteiger partial charge in [-0.15, -0.1) is 0 Å². The molecule has 0 saturated heterocycles. The van der Waals surface area contributed by atoms with Crippen LogP contribution >= 0.6 is 15.9 Å². The van der Waals surface area contributed by atoms with E-state index < -0.39 is 4.92 Å². The number of aryl methyl sites for hydroxylation is 1. The van der Waals surface area contributed by atoms with Gasteiger partial charge in [0, 0.05) is 18.1 Å². The van der Waals surface area contributed by atoms with Gasteiger partial charge in [-0.25, -0.2) is 0 Å². The molecular formula is C11H12BrNO3. The fourth-order valence-electron chi connectivity index (χ4n) is 1.49. The van der Waals surface area contributed by atoms with E-state index in [0.29, 0.717) is 23.7 Å². The largest absolute Gasteiger partial charge is 0.298 e. The summed E-state index contributed by atoms with van der Waals surface area (Å²) < 4.78 is 0. The molecule has 0 amide bonds. The Bertz CT molecular complexity index is 418. The van der Waals surface area contributed by atoms with Crippen molar-refractivity contribution in [2.45, 2.75) is 19.8 Å². The van der Waals surface area contributed by atoms with Gasteiger partial charge in [-0.1, -0.05) is 28.9 Å². The first-order valence-electron chi connectivity index (χ1n) is 4.92. The maximum absolute atomic E-state index is 11.2. The minimum atomic E-state index is -0.394. The predicted molar refractivity (Wildman–Crippen MR) is 65.0 cm³/mol. The summed E-state index contributed by atoms with van der Waals surface area (Å²) in [4.78, 5) is 21.5. The Kier molecular flexibility index (Phi) is 4.61. The predicted octanol–water partition coefficient (Wildman–Crippen LogP) is 2.66. The number of hydrogen-bond donors (Lipinski definition) is 0. The van der Waals surface area contributed by atoms with E-state index in [4.69, 9.17) is 0 Å². The SMILES string of the molecule is CCc1cc(CC(=O)CBr)ccc1[N+](=O)[O-]. The second-order valence-electron chi connectivity index (χ2n) is 3.42. The molecule has 0 unspecified atom stereocenters. The highest BCUT2D eigenvalue weighted by Gasteiger charge is 2.13. The van der Waals surface area contributed by atoms with Crippen LogP contribution in [0.1, 0.15) is 18.1 Å². The first-order chi connectivity index (χ1) is 7.58. The summed E-state index contributed by atoms with van der Waals surface area (Å²) in [6.45, 7) is 1.86. The van der Waals surface area contributed by atoms with Crippen molar-refractivity contribution in [3.05, 3.63) is 39.4 Å². The van der Waals surface area contributed by atoms with Crippen molar-refractivity contribution in [3.63, 3.8) is 0 Å². The van der Waals surface area contributed by atoms with E-state index in [1.807, 2.05) is 6.92 Å². The van der Waals surface area contributed by atoms with Crippen LogP contribution in [0.3, 0.4) is 0 Å². The van der Waals surface area contributed by atoms with Crippen molar-refractivity contribution in [1.82, 2.24) is 0 Å². The summed E-state index contributed by atoms with van der Waals surface area (Å²) in [6, 6.07) is 4.84. The minimum Gasteiger partial charge on any atom is -0.298 e. The maximum atomic E-state index is 11.2. The van der Waals surface area contributed by atoms with Crippen LogP contribution in [0.25, 0.3) is 0 Å². The third-order valence-corrected chi connectivity index (χ3v) is 2.90. The van der Waals surface area contributed by atoms with Gasteiger partial charge in [0.15, 0.2) is 0 Å². The highest BCUT2D eigenvalue weighted by molar-refractivity contribution is 9.09. The van der Waals surface area contributed by atoms with Crippen LogP contribution in [0.2, 0.25) is 0 Å². The van der Waals surface area contributed by atoms with Crippen LogP contribution in [0.15, 0.2) is 18.2 Å². The molecule has 0 aromatic heterocycles. The third kappa shape index (κ3) is 3.13. The first kappa shape index (κ1) is 12.8. The highest BCUT2D eigenvalue weighted by atomic mass is 79.9. The van der Waals surface area contributed by atoms with Crippen molar-refractivity contribution in [2.24, 2.45) is 0 Å². The van der Waals surface area contributed by atoms with E-state index in [1.165, 1.54) is 6.07 Å². The molecule has 4 nitrogen and oxygen atoms in total. The van der Waals surface area contributed by atoms with Crippen molar-refractivity contribution in [2.75, 3.05) is 5.33 Å². The molecule has 0 fully saturated rings. The zero-order chi connectivity index (χ0) is 12.1. The average Bonchev–Trinajstić information content (AvgIpc) is 2.28. The summed E-state index contributed by atoms with van der Waals surface area (Å²) in [5.41, 5.74) is 1.62. The van der Waals surface area contributed by atoms with Gasteiger partial charge in [0.05, 0.1) is 10.3 Å². The number of carbonyl (C=O) groups excluding carboxylic acids is 1. The minimum absolute atomic E-state index is 0.0657. The molecule has 0 saturated carbocycles. The van der Waals surface area contributed by atoms with Crippen LogP contribution in [-0.4, -0.2) is 16.0 Å². The lowest BCUT2D eigenvalue weighted by atomic mass is 10.0. The molecule has 0 N–H and O–H groups in total. The van der Waals surface area contributed by atoms with E-state index in [1.54, 1.807) is 12.1 Å². The van der Waals surface area contributed by atoms with Gasteiger partial charge in [0.2, 0.25) is 0 Å². The Morgan fingerprint density at radius 1 is 1.50 bits per heavy atom. The number of nitro benzene ring substituents is 1. The van der Waals surface area contributed by atoms with Gasteiger partial charge in [-0.3, -0.25) is 14.9 Å². The summed E-state index contributed by atoms with van der Waals surface area (Å²) >= 11 is 3.09. The molecular weight excluding hydrogens is 274 g/mol. The standard InChI is InChI=1S/C11H12BrNO3/c1-2-9-5-8(6-10(14)7-12)3-4-11(9)13(15)16/h3-5H,2,6-7H2,1H3. The van der Waals surface area contributed by atoms with Gasteiger partial charge in [-0.05, 0) is 18.1 Å². The quantitative estimate of drug-likeness (QED) is 0.475. The molecule has 16 heavy (non-hydrogen) atoms. The number of nitro groups is 1. The van der Waals surface area contributed by atoms with E-state index in [2.05, 4.69) is 15.9 Å². The van der Waals surface area contributed by atoms with Gasteiger partial charge in [0.25, 0.3) is 5.69 Å². The highest BCUT2D eigenvalue weighted by Crippen LogP contribution is 2.20. The lowest BCUT2D eigenvalue weighted by Crippen LogP contribution is -2.04. The van der Waals surface area contributed by atoms with E-state index in [-0.39, 0.29) is 11.5 Å². The Hall–Kier alpha value is -1.23. The Morgan fingerprint density at radius 3 is 2.69 bits per heavy atom. The number of carbonyl (C=O) groups is 1. The van der Waals surface area contributed by atoms with Gasteiger partial charge in [-0.2, -0.15) is 0 Å². The molecule has 0 radical (unpaired) electrons. The van der Waals surface area contributed by atoms with Gasteiger partial charge < -0.3 is 0 Å². The molecule has 1 aromatic rings. The molecule has 5 heteroatoms. The molecule has 1 aromatic carbocycles. The smallest absolute Gasteiger partial charge is 0.272 e.